The molecular weight excluding hydrogens is 162 g/mol. The molecule has 0 aromatic rings. The number of nitrogens with zero attached hydrogens (tertiary/aromatic N) is 1. The Hall–Kier alpha value is -0.340. The Bertz CT molecular complexity index is 138. The molecule has 0 aliphatic rings. The number of carbonyl (C=O) groups excluding carboxylic acids is 1. The van der Waals surface area contributed by atoms with Gasteiger partial charge in [0.2, 0.25) is 5.24 Å². The van der Waals surface area contributed by atoms with Crippen molar-refractivity contribution in [2.24, 2.45) is 0 Å². The van der Waals surface area contributed by atoms with Crippen LogP contribution in [0.15, 0.2) is 11.6 Å². The van der Waals surface area contributed by atoms with E-state index in [1.165, 1.54) is 0 Å². The number of carbonyl (C=O) groups is 1. The highest BCUT2D eigenvalue weighted by atomic mass is 35.5. The van der Waals surface area contributed by atoms with Crippen molar-refractivity contribution in [1.29, 1.82) is 0 Å². The van der Waals surface area contributed by atoms with Crippen molar-refractivity contribution >= 4 is 16.8 Å². The van der Waals surface area contributed by atoms with Crippen LogP contribution in [0.4, 0.5) is 0 Å². The van der Waals surface area contributed by atoms with E-state index in [2.05, 4.69) is 0 Å². The van der Waals surface area contributed by atoms with E-state index in [0.29, 0.717) is 5.57 Å². The average Bonchev–Trinajstić information content (AvgIpc) is 1.85. The van der Waals surface area contributed by atoms with Crippen LogP contribution in [-0.2, 0) is 4.79 Å². The average molecular weight is 178 g/mol. The number of allylic oxidation sites excluding steroid dienone is 2. The van der Waals surface area contributed by atoms with E-state index >= 15 is 0 Å². The lowest BCUT2D eigenvalue weighted by atomic mass is 10.3. The Morgan fingerprint density at radius 2 is 1.64 bits per heavy atom. The fourth-order valence-electron chi connectivity index (χ4n) is 0.113. The number of halogens is 1. The van der Waals surface area contributed by atoms with E-state index in [9.17, 15) is 4.79 Å². The summed E-state index contributed by atoms with van der Waals surface area (Å²) < 4.78 is 0. The molecule has 0 aromatic heterocycles. The van der Waals surface area contributed by atoms with Gasteiger partial charge < -0.3 is 4.90 Å². The summed E-state index contributed by atoms with van der Waals surface area (Å²) in [4.78, 5) is 12.1. The van der Waals surface area contributed by atoms with Crippen LogP contribution in [0.5, 0.6) is 0 Å². The summed E-state index contributed by atoms with van der Waals surface area (Å²) in [7, 11) is 6.00. The van der Waals surface area contributed by atoms with Crippen molar-refractivity contribution in [2.75, 3.05) is 21.1 Å². The zero-order chi connectivity index (χ0) is 9.44. The molecule has 0 bridgehead atoms. The summed E-state index contributed by atoms with van der Waals surface area (Å²) in [5, 5.41) is -0.373. The van der Waals surface area contributed by atoms with Crippen molar-refractivity contribution in [3.05, 3.63) is 11.6 Å². The van der Waals surface area contributed by atoms with Crippen LogP contribution in [0.3, 0.4) is 0 Å². The maximum atomic E-state index is 10.1. The first kappa shape index (κ1) is 13.3. The summed E-state index contributed by atoms with van der Waals surface area (Å²) in [6.07, 6.45) is 1.68. The third kappa shape index (κ3) is 17.7. The predicted octanol–water partition coefficient (Wildman–Crippen LogP) is 1.90. The van der Waals surface area contributed by atoms with Crippen molar-refractivity contribution < 1.29 is 4.79 Å². The minimum Gasteiger partial charge on any atom is -0.312 e. The van der Waals surface area contributed by atoms with E-state index in [-0.39, 0.29) is 5.24 Å². The lowest BCUT2D eigenvalue weighted by molar-refractivity contribution is -0.108. The van der Waals surface area contributed by atoms with Crippen LogP contribution in [-0.4, -0.2) is 31.3 Å². The van der Waals surface area contributed by atoms with Gasteiger partial charge in [-0.25, -0.2) is 0 Å². The predicted molar refractivity (Wildman–Crippen MR) is 49.9 cm³/mol. The van der Waals surface area contributed by atoms with Crippen LogP contribution in [0.25, 0.3) is 0 Å². The SMILES string of the molecule is CC=C(C)C(=O)Cl.CN(C)C. The van der Waals surface area contributed by atoms with E-state index < -0.39 is 0 Å². The molecule has 0 rings (SSSR count). The normalized spacial score (nSPS) is 10.6. The third-order valence-electron chi connectivity index (χ3n) is 0.743. The molecule has 0 fully saturated rings. The largest absolute Gasteiger partial charge is 0.312 e. The van der Waals surface area contributed by atoms with E-state index in [0.717, 1.165) is 0 Å². The van der Waals surface area contributed by atoms with Crippen LogP contribution in [0.2, 0.25) is 0 Å². The minimum atomic E-state index is -0.373. The summed E-state index contributed by atoms with van der Waals surface area (Å²) in [5.41, 5.74) is 0.599. The minimum absolute atomic E-state index is 0.373. The number of hydrogen-bond donors (Lipinski definition) is 0. The van der Waals surface area contributed by atoms with Crippen molar-refractivity contribution in [3.8, 4) is 0 Å². The maximum Gasteiger partial charge on any atom is 0.247 e. The highest BCUT2D eigenvalue weighted by Crippen LogP contribution is 1.95. The lowest BCUT2D eigenvalue weighted by Crippen LogP contribution is -1.99. The monoisotopic (exact) mass is 177 g/mol. The quantitative estimate of drug-likeness (QED) is 0.451. The zero-order valence-electron chi connectivity index (χ0n) is 7.81. The number of hydrogen-bond acceptors (Lipinski definition) is 2. The standard InChI is InChI=1S/C5H7ClO.C3H9N/c1-3-4(2)5(6)7;1-4(2)3/h3H,1-2H3;1-3H3. The molecule has 11 heavy (non-hydrogen) atoms. The second-order valence-electron chi connectivity index (χ2n) is 2.59. The van der Waals surface area contributed by atoms with Gasteiger partial charge in [0, 0.05) is 5.57 Å². The van der Waals surface area contributed by atoms with E-state index in [1.54, 1.807) is 19.9 Å². The van der Waals surface area contributed by atoms with E-state index in [4.69, 9.17) is 11.6 Å². The fraction of sp³-hybridized carbons (Fsp3) is 0.625. The Morgan fingerprint density at radius 1 is 1.36 bits per heavy atom. The molecule has 0 heterocycles. The fourth-order valence-corrected chi connectivity index (χ4v) is 0.223. The zero-order valence-corrected chi connectivity index (χ0v) is 8.57. The second-order valence-corrected chi connectivity index (χ2v) is 2.93. The van der Waals surface area contributed by atoms with Gasteiger partial charge in [-0.3, -0.25) is 4.79 Å². The summed E-state index contributed by atoms with van der Waals surface area (Å²) >= 11 is 5.02. The molecule has 66 valence electrons. The Balaban J connectivity index is 0. The Kier molecular flexibility index (Phi) is 9.36. The molecule has 0 amide bonds. The first-order valence-corrected chi connectivity index (χ1v) is 3.73. The van der Waals surface area contributed by atoms with E-state index in [1.807, 2.05) is 26.0 Å². The van der Waals surface area contributed by atoms with Crippen molar-refractivity contribution in [1.82, 2.24) is 4.90 Å². The topological polar surface area (TPSA) is 20.3 Å². The molecule has 3 heteroatoms. The Morgan fingerprint density at radius 3 is 1.64 bits per heavy atom. The molecule has 0 aromatic carbocycles. The molecule has 0 atom stereocenters. The van der Waals surface area contributed by atoms with Crippen LogP contribution in [0, 0.1) is 0 Å². The summed E-state index contributed by atoms with van der Waals surface area (Å²) in [6.45, 7) is 3.45. The van der Waals surface area contributed by atoms with Gasteiger partial charge in [-0.05, 0) is 46.6 Å². The first-order chi connectivity index (χ1) is 4.91. The lowest BCUT2D eigenvalue weighted by Gasteiger charge is -1.90. The molecular formula is C8H16ClNO. The van der Waals surface area contributed by atoms with Gasteiger partial charge in [0.15, 0.2) is 0 Å². The van der Waals surface area contributed by atoms with Crippen molar-refractivity contribution in [2.45, 2.75) is 13.8 Å². The van der Waals surface area contributed by atoms with Crippen LogP contribution in [0.1, 0.15) is 13.8 Å². The molecule has 0 spiro atoms. The van der Waals surface area contributed by atoms with Crippen LogP contribution < -0.4 is 0 Å². The number of rotatable bonds is 1. The first-order valence-electron chi connectivity index (χ1n) is 3.35. The maximum absolute atomic E-state index is 10.1. The molecule has 0 N–H and O–H groups in total. The third-order valence-corrected chi connectivity index (χ3v) is 1.04. The molecule has 0 aliphatic heterocycles. The summed E-state index contributed by atoms with van der Waals surface area (Å²) in [6, 6.07) is 0. The molecule has 0 saturated heterocycles. The van der Waals surface area contributed by atoms with Gasteiger partial charge in [-0.15, -0.1) is 0 Å². The smallest absolute Gasteiger partial charge is 0.247 e. The highest BCUT2D eigenvalue weighted by Gasteiger charge is 1.92. The van der Waals surface area contributed by atoms with Crippen LogP contribution >= 0.6 is 11.6 Å². The van der Waals surface area contributed by atoms with Gasteiger partial charge in [-0.2, -0.15) is 0 Å². The summed E-state index contributed by atoms with van der Waals surface area (Å²) in [5.74, 6) is 0. The van der Waals surface area contributed by atoms with Gasteiger partial charge in [0.25, 0.3) is 0 Å². The molecule has 0 unspecified atom stereocenters. The molecule has 2 nitrogen and oxygen atoms in total. The van der Waals surface area contributed by atoms with Gasteiger partial charge in [-0.1, -0.05) is 6.08 Å². The molecule has 0 aliphatic carbocycles. The second kappa shape index (κ2) is 7.76. The van der Waals surface area contributed by atoms with Gasteiger partial charge in [0.1, 0.15) is 0 Å². The van der Waals surface area contributed by atoms with Crippen molar-refractivity contribution in [3.63, 3.8) is 0 Å². The molecule has 0 radical (unpaired) electrons. The Labute approximate surface area is 73.8 Å². The highest BCUT2D eigenvalue weighted by molar-refractivity contribution is 6.67. The van der Waals surface area contributed by atoms with Gasteiger partial charge in [0.05, 0.1) is 0 Å². The molecule has 0 saturated carbocycles. The van der Waals surface area contributed by atoms with Gasteiger partial charge >= 0.3 is 0 Å².